The van der Waals surface area contributed by atoms with E-state index in [9.17, 15) is 0 Å². The minimum absolute atomic E-state index is 0.565. The van der Waals surface area contributed by atoms with Gasteiger partial charge in [-0.15, -0.1) is 10.2 Å². The van der Waals surface area contributed by atoms with Crippen molar-refractivity contribution in [2.24, 2.45) is 4.99 Å². The van der Waals surface area contributed by atoms with Gasteiger partial charge in [0.25, 0.3) is 0 Å². The molecule has 22 heavy (non-hydrogen) atoms. The summed E-state index contributed by atoms with van der Waals surface area (Å²) in [6, 6.07) is 9.74. The van der Waals surface area contributed by atoms with E-state index in [1.54, 1.807) is 13.4 Å². The zero-order valence-corrected chi connectivity index (χ0v) is 13.0. The molecule has 1 aromatic heterocycles. The molecule has 0 aliphatic carbocycles. The number of hydrogen-bond acceptors (Lipinski definition) is 4. The number of benzene rings is 1. The lowest BCUT2D eigenvalue weighted by molar-refractivity contribution is 0.322. The molecule has 2 aromatic rings. The molecule has 0 saturated carbocycles. The first-order valence-electron chi connectivity index (χ1n) is 7.32. The normalized spacial score (nSPS) is 11.3. The lowest BCUT2D eigenvalue weighted by atomic mass is 10.3. The molecule has 118 valence electrons. The van der Waals surface area contributed by atoms with Crippen molar-refractivity contribution in [3.05, 3.63) is 42.5 Å². The molecule has 2 N–H and O–H groups in total. The third-order valence-electron chi connectivity index (χ3n) is 3.08. The molecular weight excluding hydrogens is 280 g/mol. The first kappa shape index (κ1) is 15.8. The van der Waals surface area contributed by atoms with Crippen LogP contribution in [0.15, 0.2) is 41.7 Å². The molecule has 0 fully saturated rings. The standard InChI is InChI=1S/C15H22N6O/c1-3-21-12-19-20-14(21)11-18-15(16-2)17-9-10-22-13-7-5-4-6-8-13/h4-8,12H,3,9-11H2,1-2H3,(H2,16,17,18). The van der Waals surface area contributed by atoms with Gasteiger partial charge in [-0.05, 0) is 19.1 Å². The number of aliphatic imine (C=N–C) groups is 1. The first-order chi connectivity index (χ1) is 10.8. The number of guanidine groups is 1. The van der Waals surface area contributed by atoms with E-state index in [1.165, 1.54) is 0 Å². The van der Waals surface area contributed by atoms with Crippen molar-refractivity contribution in [2.45, 2.75) is 20.0 Å². The van der Waals surface area contributed by atoms with Crippen molar-refractivity contribution in [1.82, 2.24) is 25.4 Å². The highest BCUT2D eigenvalue weighted by atomic mass is 16.5. The molecule has 0 bridgehead atoms. The monoisotopic (exact) mass is 302 g/mol. The zero-order valence-electron chi connectivity index (χ0n) is 13.0. The van der Waals surface area contributed by atoms with Gasteiger partial charge in [-0.1, -0.05) is 18.2 Å². The number of rotatable bonds is 7. The maximum absolute atomic E-state index is 5.62. The highest BCUT2D eigenvalue weighted by molar-refractivity contribution is 5.79. The topological polar surface area (TPSA) is 76.4 Å². The maximum atomic E-state index is 5.62. The molecule has 0 aliphatic rings. The minimum atomic E-state index is 0.565. The van der Waals surface area contributed by atoms with Gasteiger partial charge in [-0.2, -0.15) is 0 Å². The summed E-state index contributed by atoms with van der Waals surface area (Å²) in [5.41, 5.74) is 0. The van der Waals surface area contributed by atoms with Gasteiger partial charge in [0.2, 0.25) is 0 Å². The summed E-state index contributed by atoms with van der Waals surface area (Å²) >= 11 is 0. The van der Waals surface area contributed by atoms with Crippen molar-refractivity contribution in [2.75, 3.05) is 20.2 Å². The summed E-state index contributed by atoms with van der Waals surface area (Å²) in [6.07, 6.45) is 1.72. The van der Waals surface area contributed by atoms with Crippen LogP contribution >= 0.6 is 0 Å². The molecule has 1 heterocycles. The van der Waals surface area contributed by atoms with E-state index in [4.69, 9.17) is 4.74 Å². The van der Waals surface area contributed by atoms with Crippen LogP contribution in [0.2, 0.25) is 0 Å². The van der Waals surface area contributed by atoms with Crippen LogP contribution < -0.4 is 15.4 Å². The largest absolute Gasteiger partial charge is 0.492 e. The Kier molecular flexibility index (Phi) is 6.22. The van der Waals surface area contributed by atoms with Crippen LogP contribution in [-0.2, 0) is 13.1 Å². The van der Waals surface area contributed by atoms with Gasteiger partial charge in [0.05, 0.1) is 13.1 Å². The predicted molar refractivity (Wildman–Crippen MR) is 85.8 cm³/mol. The Hall–Kier alpha value is -2.57. The van der Waals surface area contributed by atoms with E-state index >= 15 is 0 Å². The molecule has 0 unspecified atom stereocenters. The summed E-state index contributed by atoms with van der Waals surface area (Å²) in [5, 5.41) is 14.4. The summed E-state index contributed by atoms with van der Waals surface area (Å²) in [4.78, 5) is 4.17. The average Bonchev–Trinajstić information content (AvgIpc) is 3.02. The van der Waals surface area contributed by atoms with E-state index in [-0.39, 0.29) is 0 Å². The van der Waals surface area contributed by atoms with Crippen molar-refractivity contribution in [1.29, 1.82) is 0 Å². The van der Waals surface area contributed by atoms with Gasteiger partial charge in [-0.3, -0.25) is 4.99 Å². The van der Waals surface area contributed by atoms with Gasteiger partial charge >= 0.3 is 0 Å². The Bertz CT molecular complexity index is 581. The number of hydrogen-bond donors (Lipinski definition) is 2. The number of ether oxygens (including phenoxy) is 1. The SMILES string of the molecule is CCn1cnnc1CNC(=NC)NCCOc1ccccc1. The van der Waals surface area contributed by atoms with Crippen molar-refractivity contribution in [3.8, 4) is 5.75 Å². The zero-order chi connectivity index (χ0) is 15.6. The van der Waals surface area contributed by atoms with Crippen LogP contribution in [0.25, 0.3) is 0 Å². The summed E-state index contributed by atoms with van der Waals surface area (Å²) < 4.78 is 7.60. The summed E-state index contributed by atoms with van der Waals surface area (Å²) in [6.45, 7) is 4.71. The molecule has 0 amide bonds. The average molecular weight is 302 g/mol. The lowest BCUT2D eigenvalue weighted by Gasteiger charge is -2.12. The van der Waals surface area contributed by atoms with Crippen LogP contribution in [0.4, 0.5) is 0 Å². The smallest absolute Gasteiger partial charge is 0.191 e. The number of nitrogens with zero attached hydrogens (tertiary/aromatic N) is 4. The van der Waals surface area contributed by atoms with E-state index in [1.807, 2.05) is 34.9 Å². The van der Waals surface area contributed by atoms with Gasteiger partial charge in [-0.25, -0.2) is 0 Å². The third kappa shape index (κ3) is 4.76. The fraction of sp³-hybridized carbons (Fsp3) is 0.400. The van der Waals surface area contributed by atoms with Crippen LogP contribution in [0.5, 0.6) is 5.75 Å². The van der Waals surface area contributed by atoms with Crippen molar-refractivity contribution in [3.63, 3.8) is 0 Å². The van der Waals surface area contributed by atoms with Crippen molar-refractivity contribution >= 4 is 5.96 Å². The number of nitrogens with one attached hydrogen (secondary N) is 2. The van der Waals surface area contributed by atoms with E-state index in [0.717, 1.165) is 18.1 Å². The Morgan fingerprint density at radius 3 is 2.82 bits per heavy atom. The Morgan fingerprint density at radius 1 is 1.27 bits per heavy atom. The fourth-order valence-corrected chi connectivity index (χ4v) is 1.92. The lowest BCUT2D eigenvalue weighted by Crippen LogP contribution is -2.39. The highest BCUT2D eigenvalue weighted by Crippen LogP contribution is 2.07. The molecule has 0 saturated heterocycles. The quantitative estimate of drug-likeness (QED) is 0.454. The molecular formula is C15H22N6O. The second kappa shape index (κ2) is 8.66. The Labute approximate surface area is 130 Å². The van der Waals surface area contributed by atoms with E-state index in [0.29, 0.717) is 25.7 Å². The van der Waals surface area contributed by atoms with Gasteiger partial charge in [0.1, 0.15) is 18.7 Å². The van der Waals surface area contributed by atoms with Crippen LogP contribution in [-0.4, -0.2) is 40.9 Å². The second-order valence-corrected chi connectivity index (χ2v) is 4.55. The van der Waals surface area contributed by atoms with Crippen LogP contribution in [0.3, 0.4) is 0 Å². The van der Waals surface area contributed by atoms with Gasteiger partial charge in [0, 0.05) is 13.6 Å². The van der Waals surface area contributed by atoms with E-state index in [2.05, 4.69) is 32.7 Å². The van der Waals surface area contributed by atoms with Gasteiger partial charge < -0.3 is 19.9 Å². The third-order valence-corrected chi connectivity index (χ3v) is 3.08. The number of para-hydroxylation sites is 1. The Balaban J connectivity index is 1.69. The molecule has 1 aromatic carbocycles. The van der Waals surface area contributed by atoms with Gasteiger partial charge in [0.15, 0.2) is 11.8 Å². The second-order valence-electron chi connectivity index (χ2n) is 4.55. The minimum Gasteiger partial charge on any atom is -0.492 e. The highest BCUT2D eigenvalue weighted by Gasteiger charge is 2.04. The fourth-order valence-electron chi connectivity index (χ4n) is 1.92. The molecule has 0 atom stereocenters. The van der Waals surface area contributed by atoms with Crippen molar-refractivity contribution < 1.29 is 4.74 Å². The molecule has 7 nitrogen and oxygen atoms in total. The molecule has 0 radical (unpaired) electrons. The van der Waals surface area contributed by atoms with Crippen LogP contribution in [0, 0.1) is 0 Å². The first-order valence-corrected chi connectivity index (χ1v) is 7.32. The molecule has 7 heteroatoms. The maximum Gasteiger partial charge on any atom is 0.191 e. The summed E-state index contributed by atoms with van der Waals surface area (Å²) in [7, 11) is 1.73. The molecule has 2 rings (SSSR count). The Morgan fingerprint density at radius 2 is 2.09 bits per heavy atom. The number of aromatic nitrogens is 3. The predicted octanol–water partition coefficient (Wildman–Crippen LogP) is 1.04. The number of aryl methyl sites for hydroxylation is 1. The van der Waals surface area contributed by atoms with E-state index < -0.39 is 0 Å². The summed E-state index contributed by atoms with van der Waals surface area (Å²) in [5.74, 6) is 2.46. The molecule has 0 aliphatic heterocycles. The molecule has 0 spiro atoms. The van der Waals surface area contributed by atoms with Crippen LogP contribution in [0.1, 0.15) is 12.7 Å².